The van der Waals surface area contributed by atoms with Crippen LogP contribution in [0.5, 0.6) is 5.75 Å². The molecule has 0 radical (unpaired) electrons. The molecule has 0 bridgehead atoms. The summed E-state index contributed by atoms with van der Waals surface area (Å²) < 4.78 is 0. The van der Waals surface area contributed by atoms with Crippen molar-refractivity contribution in [3.8, 4) is 5.75 Å². The Bertz CT molecular complexity index is 220. The van der Waals surface area contributed by atoms with Crippen LogP contribution in [0.25, 0.3) is 0 Å². The smallest absolute Gasteiger partial charge is 0.147 e. The topological polar surface area (TPSA) is 62.8 Å². The van der Waals surface area contributed by atoms with Crippen LogP contribution in [0.1, 0.15) is 0 Å². The Balaban J connectivity index is 2.83. The predicted octanol–water partition coefficient (Wildman–Crippen LogP) is -0.417. The minimum absolute atomic E-state index is 0.0357. The van der Waals surface area contributed by atoms with E-state index in [2.05, 4.69) is 4.84 Å². The second-order valence-corrected chi connectivity index (χ2v) is 2.20. The molecule has 0 aliphatic heterocycles. The fourth-order valence-electron chi connectivity index (χ4n) is 0.768. The van der Waals surface area contributed by atoms with Gasteiger partial charge in [-0.3, -0.25) is 0 Å². The Morgan fingerprint density at radius 2 is 1.91 bits per heavy atom. The molecule has 3 N–H and O–H groups in total. The molecule has 1 aromatic carbocycles. The third-order valence-electron chi connectivity index (χ3n) is 1.40. The fourth-order valence-corrected chi connectivity index (χ4v) is 0.768. The summed E-state index contributed by atoms with van der Waals surface area (Å²) in [5.74, 6) is 5.44. The van der Waals surface area contributed by atoms with Crippen molar-refractivity contribution in [3.05, 3.63) is 29.5 Å². The highest BCUT2D eigenvalue weighted by Gasteiger charge is 1.96. The van der Waals surface area contributed by atoms with Crippen LogP contribution in [-0.2, 0) is 0 Å². The summed E-state index contributed by atoms with van der Waals surface area (Å²) in [7, 11) is 1.51. The van der Waals surface area contributed by atoms with Crippen molar-refractivity contribution in [3.63, 3.8) is 0 Å². The first-order valence-corrected chi connectivity index (χ1v) is 3.22. The first-order chi connectivity index (χ1) is 5.24. The Labute approximate surface area is 64.7 Å². The van der Waals surface area contributed by atoms with Gasteiger partial charge in [-0.2, -0.15) is 5.90 Å². The molecule has 0 aliphatic rings. The first-order valence-electron chi connectivity index (χ1n) is 3.22. The number of nitrogens with one attached hydrogen (secondary N) is 1. The van der Waals surface area contributed by atoms with Gasteiger partial charge in [-0.05, 0) is 12.1 Å². The van der Waals surface area contributed by atoms with Crippen molar-refractivity contribution in [1.82, 2.24) is 0 Å². The summed E-state index contributed by atoms with van der Waals surface area (Å²) in [6, 6.07) is 6.64. The molecule has 0 amide bonds. The zero-order valence-corrected chi connectivity index (χ0v) is 6.20. The number of hydrogen-bond acceptors (Lipinski definition) is 3. The Hall–Kier alpha value is -1.10. The zero-order valence-electron chi connectivity index (χ0n) is 6.20. The molecule has 0 saturated carbocycles. The van der Waals surface area contributed by atoms with E-state index < -0.39 is 0 Å². The van der Waals surface area contributed by atoms with E-state index in [-0.39, 0.29) is 5.06 Å². The number of rotatable bonds is 2. The molecule has 1 rings (SSSR count). The average molecular weight is 154 g/mol. The van der Waals surface area contributed by atoms with E-state index in [0.717, 1.165) is 0 Å². The van der Waals surface area contributed by atoms with Gasteiger partial charge in [0.25, 0.3) is 0 Å². The van der Waals surface area contributed by atoms with Crippen LogP contribution in [0.3, 0.4) is 0 Å². The third-order valence-corrected chi connectivity index (χ3v) is 1.40. The number of quaternary nitrogens is 1. The van der Waals surface area contributed by atoms with Crippen molar-refractivity contribution >= 4 is 5.69 Å². The van der Waals surface area contributed by atoms with Crippen LogP contribution in [0.2, 0.25) is 0 Å². The molecule has 4 heteroatoms. The standard InChI is InChI=1S/C7H10N2O2/c1-9(10)6-2-4-7(11-8)5-3-6/h2-5,9H,8H2,1H3. The molecule has 4 nitrogen and oxygen atoms in total. The first kappa shape index (κ1) is 8.00. The summed E-state index contributed by atoms with van der Waals surface area (Å²) in [4.78, 5) is 4.44. The van der Waals surface area contributed by atoms with Crippen LogP contribution in [0.15, 0.2) is 24.3 Å². The summed E-state index contributed by atoms with van der Waals surface area (Å²) in [6.07, 6.45) is 0. The molecular weight excluding hydrogens is 144 g/mol. The molecule has 1 unspecified atom stereocenters. The lowest BCUT2D eigenvalue weighted by Crippen LogP contribution is -2.98. The van der Waals surface area contributed by atoms with Crippen molar-refractivity contribution < 1.29 is 9.90 Å². The maximum absolute atomic E-state index is 10.8. The Kier molecular flexibility index (Phi) is 2.43. The second kappa shape index (κ2) is 3.34. The predicted molar refractivity (Wildman–Crippen MR) is 41.2 cm³/mol. The van der Waals surface area contributed by atoms with Gasteiger partial charge in [0.05, 0.1) is 7.05 Å². The van der Waals surface area contributed by atoms with Crippen molar-refractivity contribution in [2.24, 2.45) is 5.90 Å². The molecule has 0 aromatic heterocycles. The van der Waals surface area contributed by atoms with E-state index in [1.54, 1.807) is 24.3 Å². The van der Waals surface area contributed by atoms with E-state index in [1.165, 1.54) is 7.05 Å². The van der Waals surface area contributed by atoms with Gasteiger partial charge in [0.1, 0.15) is 11.4 Å². The lowest BCUT2D eigenvalue weighted by molar-refractivity contribution is -0.751. The van der Waals surface area contributed by atoms with Crippen LogP contribution < -0.4 is 15.8 Å². The molecular formula is C7H10N2O2. The SMILES string of the molecule is C[NH+]([O-])c1ccc(ON)cc1. The van der Waals surface area contributed by atoms with Crippen LogP contribution in [0.4, 0.5) is 5.69 Å². The van der Waals surface area contributed by atoms with Gasteiger partial charge in [-0.1, -0.05) is 0 Å². The molecule has 0 spiro atoms. The van der Waals surface area contributed by atoms with E-state index in [0.29, 0.717) is 11.4 Å². The van der Waals surface area contributed by atoms with Crippen molar-refractivity contribution in [2.45, 2.75) is 0 Å². The number of hydroxylamine groups is 1. The molecule has 0 aliphatic carbocycles. The maximum Gasteiger partial charge on any atom is 0.147 e. The lowest BCUT2D eigenvalue weighted by Gasteiger charge is -2.14. The number of benzene rings is 1. The van der Waals surface area contributed by atoms with Gasteiger partial charge in [-0.15, -0.1) is 0 Å². The number of hydrogen-bond donors (Lipinski definition) is 2. The fraction of sp³-hybridized carbons (Fsp3) is 0.143. The average Bonchev–Trinajstić information content (AvgIpc) is 2.05. The van der Waals surface area contributed by atoms with Gasteiger partial charge in [0, 0.05) is 12.1 Å². The van der Waals surface area contributed by atoms with Gasteiger partial charge in [0.15, 0.2) is 0 Å². The maximum atomic E-state index is 10.8. The molecule has 1 atom stereocenters. The largest absolute Gasteiger partial charge is 0.629 e. The zero-order chi connectivity index (χ0) is 8.27. The van der Waals surface area contributed by atoms with Gasteiger partial charge < -0.3 is 15.1 Å². The summed E-state index contributed by atoms with van der Waals surface area (Å²) in [5, 5.41) is 10.8. The van der Waals surface area contributed by atoms with Crippen LogP contribution in [0, 0.1) is 5.21 Å². The summed E-state index contributed by atoms with van der Waals surface area (Å²) in [6.45, 7) is 0. The highest BCUT2D eigenvalue weighted by molar-refractivity contribution is 5.35. The normalized spacial score (nSPS) is 12.6. The summed E-state index contributed by atoms with van der Waals surface area (Å²) >= 11 is 0. The van der Waals surface area contributed by atoms with Crippen molar-refractivity contribution in [2.75, 3.05) is 7.05 Å². The van der Waals surface area contributed by atoms with Gasteiger partial charge in [0.2, 0.25) is 0 Å². The quantitative estimate of drug-likeness (QED) is 0.569. The second-order valence-electron chi connectivity index (χ2n) is 2.20. The Morgan fingerprint density at radius 3 is 2.27 bits per heavy atom. The molecule has 0 saturated heterocycles. The lowest BCUT2D eigenvalue weighted by atomic mass is 10.3. The highest BCUT2D eigenvalue weighted by atomic mass is 16.6. The van der Waals surface area contributed by atoms with Crippen LogP contribution >= 0.6 is 0 Å². The molecule has 0 fully saturated rings. The minimum Gasteiger partial charge on any atom is -0.629 e. The van der Waals surface area contributed by atoms with E-state index in [9.17, 15) is 5.21 Å². The van der Waals surface area contributed by atoms with Crippen molar-refractivity contribution in [1.29, 1.82) is 0 Å². The van der Waals surface area contributed by atoms with Gasteiger partial charge >= 0.3 is 0 Å². The molecule has 11 heavy (non-hydrogen) atoms. The summed E-state index contributed by atoms with van der Waals surface area (Å²) in [5.41, 5.74) is 0.658. The van der Waals surface area contributed by atoms with E-state index in [1.807, 2.05) is 0 Å². The van der Waals surface area contributed by atoms with E-state index in [4.69, 9.17) is 5.90 Å². The molecule has 0 heterocycles. The third kappa shape index (κ3) is 1.91. The monoisotopic (exact) mass is 154 g/mol. The van der Waals surface area contributed by atoms with Gasteiger partial charge in [-0.25, -0.2) is 0 Å². The number of nitrogens with two attached hydrogens (primary N) is 1. The molecule has 1 aromatic rings. The minimum atomic E-state index is 0.0357. The molecule has 60 valence electrons. The van der Waals surface area contributed by atoms with Crippen LogP contribution in [-0.4, -0.2) is 7.05 Å². The highest BCUT2D eigenvalue weighted by Crippen LogP contribution is 2.10. The Morgan fingerprint density at radius 1 is 1.36 bits per heavy atom. The van der Waals surface area contributed by atoms with E-state index >= 15 is 0 Å².